The lowest BCUT2D eigenvalue weighted by Crippen LogP contribution is -2.30. The summed E-state index contributed by atoms with van der Waals surface area (Å²) < 4.78 is 21.0. The lowest BCUT2D eigenvalue weighted by atomic mass is 9.85. The van der Waals surface area contributed by atoms with E-state index in [9.17, 15) is 9.90 Å². The van der Waals surface area contributed by atoms with Crippen LogP contribution in [0.25, 0.3) is 22.3 Å². The van der Waals surface area contributed by atoms with Crippen molar-refractivity contribution in [1.82, 2.24) is 9.88 Å². The van der Waals surface area contributed by atoms with Gasteiger partial charge in [0.25, 0.3) is 0 Å². The van der Waals surface area contributed by atoms with Crippen LogP contribution in [-0.4, -0.2) is 44.8 Å². The van der Waals surface area contributed by atoms with Crippen LogP contribution in [0.15, 0.2) is 48.5 Å². The third-order valence-corrected chi connectivity index (χ3v) is 8.93. The number of ether oxygens (including phenoxy) is 1. The van der Waals surface area contributed by atoms with Crippen LogP contribution in [0.5, 0.6) is 5.75 Å². The molecule has 3 heterocycles. The summed E-state index contributed by atoms with van der Waals surface area (Å²) in [6.07, 6.45) is 2.22. The van der Waals surface area contributed by atoms with Gasteiger partial charge < -0.3 is 14.9 Å². The van der Waals surface area contributed by atoms with Crippen molar-refractivity contribution in [3.63, 3.8) is 0 Å². The van der Waals surface area contributed by atoms with Gasteiger partial charge in [0.05, 0.1) is 18.6 Å². The molecular weight excluding hydrogens is 615 g/mol. The predicted molar refractivity (Wildman–Crippen MR) is 186 cm³/mol. The SMILES string of the molecule is CC(C)(C)O.Cc1cccc(Cl)c1CN1CCc2cc(-c3c(C)nc(C)c(CC(=O)O)c3-c3cc(F)c4c(c3)CCCO4)ccc2C1. The molecule has 0 fully saturated rings. The molecule has 4 aromatic rings. The minimum Gasteiger partial charge on any atom is -0.490 e. The van der Waals surface area contributed by atoms with Crippen LogP contribution in [0.4, 0.5) is 4.39 Å². The van der Waals surface area contributed by atoms with Crippen molar-refractivity contribution in [2.45, 2.75) is 85.9 Å². The normalized spacial score (nSPS) is 14.4. The Morgan fingerprint density at radius 3 is 2.38 bits per heavy atom. The Hall–Kier alpha value is -3.78. The molecule has 2 N–H and O–H groups in total. The summed E-state index contributed by atoms with van der Waals surface area (Å²) in [6.45, 7) is 14.1. The Balaban J connectivity index is 0.000000807. The van der Waals surface area contributed by atoms with Gasteiger partial charge in [-0.25, -0.2) is 4.39 Å². The van der Waals surface area contributed by atoms with Crippen molar-refractivity contribution in [2.24, 2.45) is 0 Å². The molecule has 0 saturated heterocycles. The third-order valence-electron chi connectivity index (χ3n) is 8.58. The van der Waals surface area contributed by atoms with Gasteiger partial charge in [-0.3, -0.25) is 14.7 Å². The van der Waals surface area contributed by atoms with Crippen molar-refractivity contribution in [2.75, 3.05) is 13.2 Å². The maximum absolute atomic E-state index is 15.3. The lowest BCUT2D eigenvalue weighted by Gasteiger charge is -2.30. The van der Waals surface area contributed by atoms with Gasteiger partial charge >= 0.3 is 5.97 Å². The van der Waals surface area contributed by atoms with Crippen LogP contribution < -0.4 is 4.74 Å². The minimum atomic E-state index is -0.947. The number of aliphatic hydroxyl groups is 1. The zero-order valence-electron chi connectivity index (χ0n) is 28.1. The van der Waals surface area contributed by atoms with Gasteiger partial charge in [0, 0.05) is 41.6 Å². The topological polar surface area (TPSA) is 82.9 Å². The first-order valence-electron chi connectivity index (χ1n) is 16.2. The molecule has 0 radical (unpaired) electrons. The molecule has 0 atom stereocenters. The maximum Gasteiger partial charge on any atom is 0.307 e. The average molecular weight is 659 g/mol. The fourth-order valence-corrected chi connectivity index (χ4v) is 6.78. The largest absolute Gasteiger partial charge is 0.490 e. The molecule has 3 aromatic carbocycles. The highest BCUT2D eigenvalue weighted by Gasteiger charge is 2.25. The Bertz CT molecular complexity index is 1790. The molecule has 2 aliphatic heterocycles. The van der Waals surface area contributed by atoms with Gasteiger partial charge in [0.1, 0.15) is 0 Å². The second-order valence-electron chi connectivity index (χ2n) is 13.6. The van der Waals surface area contributed by atoms with Gasteiger partial charge in [-0.05, 0) is 129 Å². The number of pyridine rings is 1. The standard InChI is InChI=1S/C35H34ClFN2O3.C4H10O/c1-20-6-4-8-30(36)29(20)19-39-12-11-23-14-24(9-10-26(23)18-39)33-22(3)38-21(2)28(17-32(40)41)34(33)27-15-25-7-5-13-42-35(25)31(37)16-27;1-4(2,3)5/h4,6,8-10,14-16H,5,7,11-13,17-19H2,1-3H3,(H,40,41);5H,1-3H3. The summed E-state index contributed by atoms with van der Waals surface area (Å²) in [5, 5.41) is 19.1. The molecule has 0 aliphatic carbocycles. The van der Waals surface area contributed by atoms with E-state index in [4.69, 9.17) is 26.4 Å². The number of carbonyl (C=O) groups is 1. The number of hydrogen-bond donors (Lipinski definition) is 2. The summed E-state index contributed by atoms with van der Waals surface area (Å²) in [4.78, 5) is 19.2. The summed E-state index contributed by atoms with van der Waals surface area (Å²) in [7, 11) is 0. The van der Waals surface area contributed by atoms with Gasteiger partial charge in [-0.15, -0.1) is 0 Å². The van der Waals surface area contributed by atoms with E-state index in [0.717, 1.165) is 71.9 Å². The summed E-state index contributed by atoms with van der Waals surface area (Å²) >= 11 is 6.52. The molecule has 248 valence electrons. The van der Waals surface area contributed by atoms with E-state index >= 15 is 4.39 Å². The van der Waals surface area contributed by atoms with E-state index in [1.54, 1.807) is 20.8 Å². The van der Waals surface area contributed by atoms with Crippen LogP contribution >= 0.6 is 11.6 Å². The second kappa shape index (κ2) is 14.1. The Labute approximate surface area is 282 Å². The fraction of sp³-hybridized carbons (Fsp3) is 0.385. The predicted octanol–water partition coefficient (Wildman–Crippen LogP) is 8.42. The lowest BCUT2D eigenvalue weighted by molar-refractivity contribution is -0.136. The van der Waals surface area contributed by atoms with Gasteiger partial charge in [-0.1, -0.05) is 41.9 Å². The zero-order valence-corrected chi connectivity index (χ0v) is 28.9. The summed E-state index contributed by atoms with van der Waals surface area (Å²) in [6, 6.07) is 15.9. The monoisotopic (exact) mass is 658 g/mol. The number of aromatic nitrogens is 1. The van der Waals surface area contributed by atoms with E-state index in [0.29, 0.717) is 29.2 Å². The van der Waals surface area contributed by atoms with Crippen molar-refractivity contribution < 1.29 is 24.1 Å². The Morgan fingerprint density at radius 2 is 1.68 bits per heavy atom. The quantitative estimate of drug-likeness (QED) is 0.216. The molecule has 0 amide bonds. The van der Waals surface area contributed by atoms with Gasteiger partial charge in [0.2, 0.25) is 0 Å². The molecule has 0 unspecified atom stereocenters. The minimum absolute atomic E-state index is 0.196. The van der Waals surface area contributed by atoms with Crippen LogP contribution in [0.1, 0.15) is 72.0 Å². The van der Waals surface area contributed by atoms with Gasteiger partial charge in [-0.2, -0.15) is 0 Å². The molecule has 0 bridgehead atoms. The average Bonchev–Trinajstić information content (AvgIpc) is 2.99. The highest BCUT2D eigenvalue weighted by atomic mass is 35.5. The Morgan fingerprint density at radius 1 is 0.957 bits per heavy atom. The number of aryl methyl sites for hydroxylation is 4. The summed E-state index contributed by atoms with van der Waals surface area (Å²) in [5.41, 5.74) is 10.5. The molecule has 0 saturated carbocycles. The van der Waals surface area contributed by atoms with Crippen LogP contribution in [-0.2, 0) is 37.1 Å². The number of rotatable bonds is 6. The number of hydrogen-bond acceptors (Lipinski definition) is 5. The van der Waals surface area contributed by atoms with E-state index < -0.39 is 17.4 Å². The van der Waals surface area contributed by atoms with Crippen molar-refractivity contribution in [3.05, 3.63) is 104 Å². The molecular formula is C39H44ClFN2O4. The molecule has 8 heteroatoms. The number of fused-ring (bicyclic) bond motifs is 2. The number of halogens is 2. The summed E-state index contributed by atoms with van der Waals surface area (Å²) in [5.74, 6) is -1.06. The number of aliphatic carboxylic acids is 1. The van der Waals surface area contributed by atoms with Crippen molar-refractivity contribution in [1.29, 1.82) is 0 Å². The second-order valence-corrected chi connectivity index (χ2v) is 14.0. The van der Waals surface area contributed by atoms with Crippen molar-refractivity contribution in [3.8, 4) is 28.0 Å². The highest BCUT2D eigenvalue weighted by molar-refractivity contribution is 6.31. The molecule has 6 nitrogen and oxygen atoms in total. The molecule has 1 aromatic heterocycles. The zero-order chi connectivity index (χ0) is 34.0. The number of benzene rings is 3. The van der Waals surface area contributed by atoms with Crippen molar-refractivity contribution >= 4 is 17.6 Å². The van der Waals surface area contributed by atoms with E-state index in [2.05, 4.69) is 36.1 Å². The highest BCUT2D eigenvalue weighted by Crippen LogP contribution is 2.42. The molecule has 2 aliphatic rings. The molecule has 0 spiro atoms. The number of nitrogens with zero attached hydrogens (tertiary/aromatic N) is 2. The fourth-order valence-electron chi connectivity index (χ4n) is 6.50. The smallest absolute Gasteiger partial charge is 0.307 e. The van der Waals surface area contributed by atoms with Gasteiger partial charge in [0.15, 0.2) is 11.6 Å². The molecule has 47 heavy (non-hydrogen) atoms. The molecule has 6 rings (SSSR count). The first-order chi connectivity index (χ1) is 22.2. The van der Waals surface area contributed by atoms with Crippen LogP contribution in [0.2, 0.25) is 5.02 Å². The first kappa shape index (κ1) is 34.6. The van der Waals surface area contributed by atoms with Crippen LogP contribution in [0, 0.1) is 26.6 Å². The maximum atomic E-state index is 15.3. The number of carboxylic acids is 1. The third kappa shape index (κ3) is 8.21. The first-order valence-corrected chi connectivity index (χ1v) is 16.6. The van der Waals surface area contributed by atoms with Crippen LogP contribution in [0.3, 0.4) is 0 Å². The Kier molecular flexibility index (Phi) is 10.4. The van der Waals surface area contributed by atoms with E-state index in [1.165, 1.54) is 28.3 Å². The van der Waals surface area contributed by atoms with E-state index in [1.807, 2.05) is 32.0 Å². The number of carboxylic acid groups (broad SMARTS) is 1. The van der Waals surface area contributed by atoms with E-state index in [-0.39, 0.29) is 6.42 Å².